The second-order valence-corrected chi connectivity index (χ2v) is 16.3. The van der Waals surface area contributed by atoms with Crippen LogP contribution in [-0.2, 0) is 22.7 Å². The summed E-state index contributed by atoms with van der Waals surface area (Å²) in [5.41, 5.74) is 0.433. The molecule has 0 aromatic carbocycles. The molecule has 0 fully saturated rings. The van der Waals surface area contributed by atoms with Gasteiger partial charge in [-0.05, 0) is 55.9 Å². The average molecular weight is 498 g/mol. The van der Waals surface area contributed by atoms with Gasteiger partial charge in [0, 0.05) is 26.8 Å². The number of ether oxygens (including phenoxy) is 1. The third-order valence-corrected chi connectivity index (χ3v) is 7.12. The van der Waals surface area contributed by atoms with Crippen LogP contribution in [0.25, 0.3) is 0 Å². The van der Waals surface area contributed by atoms with Crippen molar-refractivity contribution in [2.24, 2.45) is 11.3 Å². The summed E-state index contributed by atoms with van der Waals surface area (Å²) < 4.78 is 8.14. The number of halogens is 1. The van der Waals surface area contributed by atoms with Crippen LogP contribution in [0.5, 0.6) is 0 Å². The summed E-state index contributed by atoms with van der Waals surface area (Å²) in [6.07, 6.45) is 2.21. The number of tetrazole rings is 1. The van der Waals surface area contributed by atoms with Gasteiger partial charge in [0.05, 0.1) is 5.92 Å². The quantitative estimate of drug-likeness (QED) is 0.297. The van der Waals surface area contributed by atoms with Crippen molar-refractivity contribution < 1.29 is 14.6 Å². The highest BCUT2D eigenvalue weighted by Crippen LogP contribution is 2.39. The first-order chi connectivity index (χ1) is 13.9. The zero-order chi connectivity index (χ0) is 22.5. The molecule has 0 bridgehead atoms. The van der Waals surface area contributed by atoms with E-state index in [1.165, 1.54) is 0 Å². The topological polar surface area (TPSA) is 103 Å². The van der Waals surface area contributed by atoms with Crippen LogP contribution in [0.15, 0.2) is 22.9 Å². The Kier molecular flexibility index (Phi) is 8.29. The van der Waals surface area contributed by atoms with E-state index in [9.17, 15) is 9.90 Å². The van der Waals surface area contributed by atoms with Gasteiger partial charge in [-0.1, -0.05) is 46.5 Å². The number of rotatable bonds is 10. The summed E-state index contributed by atoms with van der Waals surface area (Å²) in [6.45, 7) is 13.5. The van der Waals surface area contributed by atoms with Crippen molar-refractivity contribution in [3.8, 4) is 0 Å². The molecule has 0 radical (unpaired) electrons. The molecule has 0 saturated heterocycles. The van der Waals surface area contributed by atoms with E-state index in [1.807, 2.05) is 32.9 Å². The zero-order valence-corrected chi connectivity index (χ0v) is 21.2. The van der Waals surface area contributed by atoms with Crippen LogP contribution in [0.2, 0.25) is 25.7 Å². The van der Waals surface area contributed by atoms with Crippen molar-refractivity contribution in [1.82, 2.24) is 25.2 Å². The fraction of sp³-hybridized carbons (Fsp3) is 0.650. The SMILES string of the molecule is CC(C)(C)[C@H](C(=O)O)[C@H](Cc1ccc(Br)nc1)c1nnnn1COCC[Si](C)(C)C. The molecule has 0 aliphatic rings. The molecular weight excluding hydrogens is 466 g/mol. The number of carboxylic acid groups (broad SMARTS) is 1. The number of hydrogen-bond acceptors (Lipinski definition) is 6. The molecule has 10 heteroatoms. The lowest BCUT2D eigenvalue weighted by Crippen LogP contribution is -2.36. The predicted octanol–water partition coefficient (Wildman–Crippen LogP) is 4.22. The molecule has 8 nitrogen and oxygen atoms in total. The minimum Gasteiger partial charge on any atom is -0.481 e. The second-order valence-electron chi connectivity index (χ2n) is 9.87. The van der Waals surface area contributed by atoms with E-state index in [1.54, 1.807) is 10.9 Å². The summed E-state index contributed by atoms with van der Waals surface area (Å²) in [7, 11) is -1.20. The minimum atomic E-state index is -1.20. The molecule has 0 spiro atoms. The van der Waals surface area contributed by atoms with Gasteiger partial charge in [0.2, 0.25) is 0 Å². The lowest BCUT2D eigenvalue weighted by atomic mass is 9.71. The van der Waals surface area contributed by atoms with Gasteiger partial charge in [-0.3, -0.25) is 4.79 Å². The Morgan fingerprint density at radius 2 is 2.00 bits per heavy atom. The van der Waals surface area contributed by atoms with Crippen molar-refractivity contribution >= 4 is 30.0 Å². The van der Waals surface area contributed by atoms with E-state index in [4.69, 9.17) is 4.74 Å². The third kappa shape index (κ3) is 7.24. The Labute approximate surface area is 187 Å². The highest BCUT2D eigenvalue weighted by Gasteiger charge is 2.41. The fourth-order valence-corrected chi connectivity index (χ4v) is 4.38. The first kappa shape index (κ1) is 24.6. The molecule has 30 heavy (non-hydrogen) atoms. The van der Waals surface area contributed by atoms with E-state index < -0.39 is 31.3 Å². The van der Waals surface area contributed by atoms with Gasteiger partial charge < -0.3 is 9.84 Å². The lowest BCUT2D eigenvalue weighted by molar-refractivity contribution is -0.146. The normalized spacial score (nSPS) is 14.5. The fourth-order valence-electron chi connectivity index (χ4n) is 3.38. The largest absolute Gasteiger partial charge is 0.481 e. The number of aliphatic carboxylic acids is 1. The smallest absolute Gasteiger partial charge is 0.307 e. The number of pyridine rings is 1. The molecule has 2 heterocycles. The Balaban J connectivity index is 2.31. The highest BCUT2D eigenvalue weighted by atomic mass is 79.9. The van der Waals surface area contributed by atoms with Gasteiger partial charge in [-0.2, -0.15) is 0 Å². The molecule has 0 unspecified atom stereocenters. The predicted molar refractivity (Wildman–Crippen MR) is 121 cm³/mol. The molecule has 2 atom stereocenters. The molecule has 0 amide bonds. The van der Waals surface area contributed by atoms with Crippen molar-refractivity contribution in [3.05, 3.63) is 34.3 Å². The maximum absolute atomic E-state index is 12.3. The van der Waals surface area contributed by atoms with Crippen molar-refractivity contribution in [3.63, 3.8) is 0 Å². The number of carbonyl (C=O) groups is 1. The van der Waals surface area contributed by atoms with Crippen LogP contribution in [-0.4, -0.2) is 50.9 Å². The van der Waals surface area contributed by atoms with Crippen molar-refractivity contribution in [2.45, 2.75) is 65.5 Å². The number of aromatic nitrogens is 5. The molecule has 0 aliphatic heterocycles. The summed E-state index contributed by atoms with van der Waals surface area (Å²) in [6, 6.07) is 4.82. The number of nitrogens with zero attached hydrogens (tertiary/aromatic N) is 5. The standard InChI is InChI=1S/C20H32BrN5O3Si/c1-20(2,3)17(19(27)28)15(11-14-7-8-16(21)22-12-14)18-23-24-25-26(18)13-29-9-10-30(4,5)6/h7-8,12,15,17H,9-11,13H2,1-6H3,(H,27,28)/t15-,17-/m0/s1. The first-order valence-corrected chi connectivity index (χ1v) is 14.6. The molecule has 166 valence electrons. The van der Waals surface area contributed by atoms with Crippen LogP contribution in [0.3, 0.4) is 0 Å². The molecule has 0 saturated carbocycles. The van der Waals surface area contributed by atoms with Gasteiger partial charge in [0.1, 0.15) is 11.3 Å². The van der Waals surface area contributed by atoms with Gasteiger partial charge >= 0.3 is 5.97 Å². The van der Waals surface area contributed by atoms with E-state index in [2.05, 4.69) is 56.1 Å². The van der Waals surface area contributed by atoms with E-state index in [-0.39, 0.29) is 6.73 Å². The lowest BCUT2D eigenvalue weighted by Gasteiger charge is -2.33. The maximum Gasteiger partial charge on any atom is 0.307 e. The number of carboxylic acids is 1. The first-order valence-electron chi connectivity index (χ1n) is 10.1. The second kappa shape index (κ2) is 10.1. The summed E-state index contributed by atoms with van der Waals surface area (Å²) in [4.78, 5) is 16.6. The van der Waals surface area contributed by atoms with Crippen LogP contribution in [0, 0.1) is 11.3 Å². The minimum absolute atomic E-state index is 0.207. The highest BCUT2D eigenvalue weighted by molar-refractivity contribution is 9.10. The van der Waals surface area contributed by atoms with Gasteiger partial charge in [-0.15, -0.1) is 5.10 Å². The van der Waals surface area contributed by atoms with Crippen molar-refractivity contribution in [2.75, 3.05) is 6.61 Å². The van der Waals surface area contributed by atoms with E-state index in [0.717, 1.165) is 16.2 Å². The monoisotopic (exact) mass is 497 g/mol. The Morgan fingerprint density at radius 1 is 1.30 bits per heavy atom. The molecule has 0 aliphatic carbocycles. The van der Waals surface area contributed by atoms with Crippen LogP contribution >= 0.6 is 15.9 Å². The summed E-state index contributed by atoms with van der Waals surface area (Å²) in [5.74, 6) is -1.46. The molecule has 2 aromatic heterocycles. The van der Waals surface area contributed by atoms with Gasteiger partial charge in [0.25, 0.3) is 0 Å². The molecular formula is C20H32BrN5O3Si. The van der Waals surface area contributed by atoms with Crippen LogP contribution in [0.4, 0.5) is 0 Å². The molecule has 1 N–H and O–H groups in total. The average Bonchev–Trinajstić information content (AvgIpc) is 3.06. The number of hydrogen-bond donors (Lipinski definition) is 1. The van der Waals surface area contributed by atoms with E-state index in [0.29, 0.717) is 18.9 Å². The van der Waals surface area contributed by atoms with Gasteiger partial charge in [0.15, 0.2) is 5.82 Å². The van der Waals surface area contributed by atoms with Crippen LogP contribution < -0.4 is 0 Å². The summed E-state index contributed by atoms with van der Waals surface area (Å²) in [5, 5.41) is 22.2. The van der Waals surface area contributed by atoms with Crippen LogP contribution in [0.1, 0.15) is 38.1 Å². The molecule has 2 rings (SSSR count). The third-order valence-electron chi connectivity index (χ3n) is 4.95. The Morgan fingerprint density at radius 3 is 2.53 bits per heavy atom. The Bertz CT molecular complexity index is 830. The zero-order valence-electron chi connectivity index (χ0n) is 18.6. The maximum atomic E-state index is 12.3. The van der Waals surface area contributed by atoms with Gasteiger partial charge in [-0.25, -0.2) is 9.67 Å². The summed E-state index contributed by atoms with van der Waals surface area (Å²) >= 11 is 3.34. The van der Waals surface area contributed by atoms with E-state index >= 15 is 0 Å². The Hall–Kier alpha value is -1.65. The molecule has 2 aromatic rings. The van der Waals surface area contributed by atoms with Crippen molar-refractivity contribution in [1.29, 1.82) is 0 Å².